The lowest BCUT2D eigenvalue weighted by atomic mass is 10.1. The smallest absolute Gasteiger partial charge is 0.255 e. The van der Waals surface area contributed by atoms with Crippen LogP contribution in [0.15, 0.2) is 18.3 Å². The van der Waals surface area contributed by atoms with E-state index < -0.39 is 0 Å². The van der Waals surface area contributed by atoms with E-state index in [1.54, 1.807) is 6.20 Å². The molecule has 1 aromatic rings. The number of carbonyl (C=O) groups excluding carboxylic acids is 1. The van der Waals surface area contributed by atoms with Crippen molar-refractivity contribution in [1.29, 1.82) is 0 Å². The van der Waals surface area contributed by atoms with E-state index in [2.05, 4.69) is 9.88 Å². The lowest BCUT2D eigenvalue weighted by Crippen LogP contribution is -2.49. The largest absolute Gasteiger partial charge is 0.336 e. The molecule has 5 nitrogen and oxygen atoms in total. The van der Waals surface area contributed by atoms with Crippen molar-refractivity contribution in [3.05, 3.63) is 29.6 Å². The summed E-state index contributed by atoms with van der Waals surface area (Å²) in [4.78, 5) is 20.9. The molecule has 0 aliphatic carbocycles. The predicted molar refractivity (Wildman–Crippen MR) is 75.0 cm³/mol. The molecule has 0 atom stereocenters. The van der Waals surface area contributed by atoms with Crippen molar-refractivity contribution in [2.45, 2.75) is 13.3 Å². The van der Waals surface area contributed by atoms with Crippen LogP contribution >= 0.6 is 0 Å². The van der Waals surface area contributed by atoms with Gasteiger partial charge < -0.3 is 10.6 Å². The Kier molecular flexibility index (Phi) is 4.87. The number of hydrogen-bond donors (Lipinski definition) is 1. The van der Waals surface area contributed by atoms with Crippen LogP contribution in [0.3, 0.4) is 0 Å². The normalized spacial score (nSPS) is 16.6. The topological polar surface area (TPSA) is 62.5 Å². The summed E-state index contributed by atoms with van der Waals surface area (Å²) in [5, 5.41) is 0. The zero-order valence-corrected chi connectivity index (χ0v) is 11.5. The van der Waals surface area contributed by atoms with E-state index in [9.17, 15) is 4.79 Å². The minimum absolute atomic E-state index is 0.101. The van der Waals surface area contributed by atoms with Gasteiger partial charge in [0.1, 0.15) is 0 Å². The fraction of sp³-hybridized carbons (Fsp3) is 0.571. The Balaban J connectivity index is 1.91. The van der Waals surface area contributed by atoms with Crippen molar-refractivity contribution >= 4 is 5.91 Å². The third-order valence-corrected chi connectivity index (χ3v) is 3.58. The molecule has 1 amide bonds. The molecule has 2 N–H and O–H groups in total. The number of pyridine rings is 1. The molecule has 1 aliphatic rings. The maximum Gasteiger partial charge on any atom is 0.255 e. The molecular weight excluding hydrogens is 240 g/mol. The highest BCUT2D eigenvalue weighted by molar-refractivity contribution is 5.95. The van der Waals surface area contributed by atoms with E-state index in [4.69, 9.17) is 5.73 Å². The van der Waals surface area contributed by atoms with E-state index in [1.807, 2.05) is 24.0 Å². The van der Waals surface area contributed by atoms with Gasteiger partial charge in [0.05, 0.1) is 5.56 Å². The molecule has 1 aliphatic heterocycles. The highest BCUT2D eigenvalue weighted by Gasteiger charge is 2.22. The van der Waals surface area contributed by atoms with Crippen LogP contribution in [0.1, 0.15) is 22.5 Å². The average molecular weight is 262 g/mol. The number of aromatic nitrogens is 1. The fourth-order valence-electron chi connectivity index (χ4n) is 2.37. The van der Waals surface area contributed by atoms with E-state index in [-0.39, 0.29) is 5.91 Å². The number of nitrogens with zero attached hydrogens (tertiary/aromatic N) is 3. The van der Waals surface area contributed by atoms with Crippen LogP contribution in [0.25, 0.3) is 0 Å². The van der Waals surface area contributed by atoms with E-state index in [0.717, 1.165) is 56.9 Å². The van der Waals surface area contributed by atoms with Crippen molar-refractivity contribution < 1.29 is 4.79 Å². The summed E-state index contributed by atoms with van der Waals surface area (Å²) in [5.74, 6) is 0.101. The highest BCUT2D eigenvalue weighted by atomic mass is 16.2. The first-order chi connectivity index (χ1) is 9.22. The molecule has 2 heterocycles. The Morgan fingerprint density at radius 2 is 2.11 bits per heavy atom. The Morgan fingerprint density at radius 3 is 2.74 bits per heavy atom. The first-order valence-corrected chi connectivity index (χ1v) is 6.85. The van der Waals surface area contributed by atoms with E-state index in [0.29, 0.717) is 0 Å². The van der Waals surface area contributed by atoms with Crippen LogP contribution in [0.4, 0.5) is 0 Å². The second kappa shape index (κ2) is 6.63. The van der Waals surface area contributed by atoms with Crippen molar-refractivity contribution in [2.75, 3.05) is 39.3 Å². The molecule has 0 bridgehead atoms. The molecule has 1 fully saturated rings. The molecule has 2 rings (SSSR count). The van der Waals surface area contributed by atoms with Gasteiger partial charge in [-0.1, -0.05) is 0 Å². The molecule has 1 saturated heterocycles. The van der Waals surface area contributed by atoms with Crippen LogP contribution in [0, 0.1) is 6.92 Å². The number of nitrogens with two attached hydrogens (primary N) is 1. The first-order valence-electron chi connectivity index (χ1n) is 6.85. The molecule has 0 saturated carbocycles. The van der Waals surface area contributed by atoms with Crippen LogP contribution in [-0.2, 0) is 0 Å². The lowest BCUT2D eigenvalue weighted by Gasteiger charge is -2.34. The van der Waals surface area contributed by atoms with Gasteiger partial charge in [-0.3, -0.25) is 14.7 Å². The van der Waals surface area contributed by atoms with Gasteiger partial charge in [-0.2, -0.15) is 0 Å². The van der Waals surface area contributed by atoms with Gasteiger partial charge in [-0.25, -0.2) is 0 Å². The number of rotatable bonds is 4. The maximum atomic E-state index is 12.4. The summed E-state index contributed by atoms with van der Waals surface area (Å²) in [6.45, 7) is 7.09. The monoisotopic (exact) mass is 262 g/mol. The van der Waals surface area contributed by atoms with Crippen LogP contribution in [0.5, 0.6) is 0 Å². The summed E-state index contributed by atoms with van der Waals surface area (Å²) in [7, 11) is 0. The number of amides is 1. The van der Waals surface area contributed by atoms with Crippen molar-refractivity contribution in [3.63, 3.8) is 0 Å². The quantitative estimate of drug-likeness (QED) is 0.858. The first kappa shape index (κ1) is 14.0. The second-order valence-corrected chi connectivity index (χ2v) is 4.91. The van der Waals surface area contributed by atoms with Crippen LogP contribution in [-0.4, -0.2) is 60.0 Å². The van der Waals surface area contributed by atoms with Gasteiger partial charge in [0.15, 0.2) is 0 Å². The number of carbonyl (C=O) groups is 1. The number of hydrogen-bond acceptors (Lipinski definition) is 4. The molecule has 19 heavy (non-hydrogen) atoms. The fourth-order valence-corrected chi connectivity index (χ4v) is 2.37. The van der Waals surface area contributed by atoms with Crippen molar-refractivity contribution in [2.24, 2.45) is 5.73 Å². The Bertz CT molecular complexity index is 427. The molecule has 5 heteroatoms. The Hall–Kier alpha value is -1.46. The SMILES string of the molecule is Cc1ncccc1C(=O)N1CCN(CCCN)CC1. The van der Waals surface area contributed by atoms with Gasteiger partial charge in [0, 0.05) is 38.1 Å². The van der Waals surface area contributed by atoms with Gasteiger partial charge in [-0.05, 0) is 38.6 Å². The van der Waals surface area contributed by atoms with E-state index >= 15 is 0 Å². The molecule has 0 unspecified atom stereocenters. The third kappa shape index (κ3) is 3.52. The summed E-state index contributed by atoms with van der Waals surface area (Å²) >= 11 is 0. The van der Waals surface area contributed by atoms with E-state index in [1.165, 1.54) is 0 Å². The summed E-state index contributed by atoms with van der Waals surface area (Å²) < 4.78 is 0. The Labute approximate surface area is 114 Å². The zero-order valence-electron chi connectivity index (χ0n) is 11.5. The predicted octanol–water partition coefficient (Wildman–Crippen LogP) is 0.497. The van der Waals surface area contributed by atoms with Crippen molar-refractivity contribution in [3.8, 4) is 0 Å². The molecule has 0 spiro atoms. The standard InChI is InChI=1S/C14H22N4O/c1-12-13(4-2-6-16-12)14(19)18-10-8-17(9-11-18)7-3-5-15/h2,4,6H,3,5,7-11,15H2,1H3. The molecule has 0 radical (unpaired) electrons. The average Bonchev–Trinajstić information content (AvgIpc) is 2.45. The lowest BCUT2D eigenvalue weighted by molar-refractivity contribution is 0.0635. The molecular formula is C14H22N4O. The zero-order chi connectivity index (χ0) is 13.7. The molecule has 0 aromatic carbocycles. The summed E-state index contributed by atoms with van der Waals surface area (Å²) in [5.41, 5.74) is 7.04. The van der Waals surface area contributed by atoms with Crippen LogP contribution < -0.4 is 5.73 Å². The third-order valence-electron chi connectivity index (χ3n) is 3.58. The van der Waals surface area contributed by atoms with Gasteiger partial charge in [-0.15, -0.1) is 0 Å². The highest BCUT2D eigenvalue weighted by Crippen LogP contribution is 2.11. The molecule has 1 aromatic heterocycles. The number of aryl methyl sites for hydroxylation is 1. The second-order valence-electron chi connectivity index (χ2n) is 4.91. The maximum absolute atomic E-state index is 12.4. The summed E-state index contributed by atoms with van der Waals surface area (Å²) in [6, 6.07) is 3.67. The van der Waals surface area contributed by atoms with Gasteiger partial charge >= 0.3 is 0 Å². The minimum atomic E-state index is 0.101. The van der Waals surface area contributed by atoms with Crippen LogP contribution in [0.2, 0.25) is 0 Å². The van der Waals surface area contributed by atoms with Crippen molar-refractivity contribution in [1.82, 2.24) is 14.8 Å². The molecule has 104 valence electrons. The van der Waals surface area contributed by atoms with Gasteiger partial charge in [0.2, 0.25) is 0 Å². The van der Waals surface area contributed by atoms with Gasteiger partial charge in [0.25, 0.3) is 5.91 Å². The Morgan fingerprint density at radius 1 is 1.37 bits per heavy atom. The summed E-state index contributed by atoms with van der Waals surface area (Å²) in [6.07, 6.45) is 2.74. The number of piperazine rings is 1. The minimum Gasteiger partial charge on any atom is -0.336 e.